The Morgan fingerprint density at radius 3 is 2.81 bits per heavy atom. The Balaban J connectivity index is 1.61. The number of ether oxygens (including phenoxy) is 1. The van der Waals surface area contributed by atoms with Crippen LogP contribution in [0.15, 0.2) is 36.4 Å². The van der Waals surface area contributed by atoms with Gasteiger partial charge >= 0.3 is 0 Å². The highest BCUT2D eigenvalue weighted by atomic mass is 127. The lowest BCUT2D eigenvalue weighted by Gasteiger charge is -2.10. The predicted octanol–water partition coefficient (Wildman–Crippen LogP) is 3.92. The van der Waals surface area contributed by atoms with Crippen molar-refractivity contribution in [3.63, 3.8) is 0 Å². The molecule has 3 rings (SSSR count). The monoisotopic (exact) mass is 395 g/mol. The van der Waals surface area contributed by atoms with Crippen molar-refractivity contribution >= 4 is 28.2 Å². The Kier molecular flexibility index (Phi) is 4.90. The molecule has 0 bridgehead atoms. The molecule has 1 heterocycles. The lowest BCUT2D eigenvalue weighted by atomic mass is 9.98. The van der Waals surface area contributed by atoms with Gasteiger partial charge in [-0.1, -0.05) is 29.5 Å². The fourth-order valence-corrected chi connectivity index (χ4v) is 3.25. The van der Waals surface area contributed by atoms with Crippen molar-refractivity contribution < 1.29 is 4.74 Å². The smallest absolute Gasteiger partial charge is 0.127 e. The van der Waals surface area contributed by atoms with Gasteiger partial charge in [0, 0.05) is 0 Å². The summed E-state index contributed by atoms with van der Waals surface area (Å²) < 4.78 is 8.75. The molecule has 0 N–H and O–H groups in total. The number of hydrogen-bond acceptors (Lipinski definition) is 3. The summed E-state index contributed by atoms with van der Waals surface area (Å²) in [6.07, 6.45) is 7.14. The topological polar surface area (TPSA) is 39.9 Å². The van der Waals surface area contributed by atoms with E-state index in [-0.39, 0.29) is 0 Å². The average Bonchev–Trinajstić information content (AvgIpc) is 2.90. The van der Waals surface area contributed by atoms with E-state index in [1.807, 2.05) is 35.0 Å². The summed E-state index contributed by atoms with van der Waals surface area (Å²) in [5, 5.41) is 8.61. The van der Waals surface area contributed by atoms with Crippen LogP contribution in [-0.2, 0) is 6.54 Å². The van der Waals surface area contributed by atoms with E-state index >= 15 is 0 Å². The number of aromatic nitrogens is 3. The summed E-state index contributed by atoms with van der Waals surface area (Å²) in [6, 6.07) is 9.86. The number of nitrogens with zero attached hydrogens (tertiary/aromatic N) is 3. The molecule has 0 saturated carbocycles. The van der Waals surface area contributed by atoms with Gasteiger partial charge in [0.1, 0.15) is 21.8 Å². The maximum Gasteiger partial charge on any atom is 0.127 e. The second kappa shape index (κ2) is 7.06. The van der Waals surface area contributed by atoms with Crippen molar-refractivity contribution in [2.75, 3.05) is 6.61 Å². The minimum absolute atomic E-state index is 0.599. The zero-order chi connectivity index (χ0) is 14.5. The molecular formula is C16H18IN3O. The van der Waals surface area contributed by atoms with Gasteiger partial charge in [-0.3, -0.25) is 0 Å². The second-order valence-corrected chi connectivity index (χ2v) is 6.11. The van der Waals surface area contributed by atoms with E-state index in [1.165, 1.54) is 18.4 Å². The summed E-state index contributed by atoms with van der Waals surface area (Å²) in [7, 11) is 0. The number of hydrogen-bond donors (Lipinski definition) is 0. The maximum absolute atomic E-state index is 5.71. The summed E-state index contributed by atoms with van der Waals surface area (Å²) in [4.78, 5) is 0. The SMILES string of the molecule is Ic1c(C2=CCCCC2)nnn1CCOc1ccccc1. The molecule has 0 saturated heterocycles. The zero-order valence-electron chi connectivity index (χ0n) is 11.8. The molecule has 1 aromatic heterocycles. The molecule has 0 radical (unpaired) electrons. The fourth-order valence-electron chi connectivity index (χ4n) is 2.46. The second-order valence-electron chi connectivity index (χ2n) is 5.09. The van der Waals surface area contributed by atoms with Gasteiger partial charge in [0.2, 0.25) is 0 Å². The average molecular weight is 395 g/mol. The lowest BCUT2D eigenvalue weighted by Crippen LogP contribution is -2.11. The molecule has 5 heteroatoms. The van der Waals surface area contributed by atoms with E-state index < -0.39 is 0 Å². The van der Waals surface area contributed by atoms with Gasteiger partial charge in [-0.2, -0.15) is 0 Å². The van der Waals surface area contributed by atoms with Gasteiger partial charge in [0.25, 0.3) is 0 Å². The summed E-state index contributed by atoms with van der Waals surface area (Å²) in [5.74, 6) is 0.892. The van der Waals surface area contributed by atoms with E-state index in [0.29, 0.717) is 13.2 Å². The zero-order valence-corrected chi connectivity index (χ0v) is 14.0. The predicted molar refractivity (Wildman–Crippen MR) is 91.1 cm³/mol. The molecule has 21 heavy (non-hydrogen) atoms. The first-order chi connectivity index (χ1) is 10.3. The Morgan fingerprint density at radius 1 is 1.19 bits per heavy atom. The van der Waals surface area contributed by atoms with Gasteiger partial charge in [0.15, 0.2) is 0 Å². The van der Waals surface area contributed by atoms with Crippen LogP contribution < -0.4 is 4.74 Å². The van der Waals surface area contributed by atoms with Crippen LogP contribution in [0.5, 0.6) is 5.75 Å². The largest absolute Gasteiger partial charge is 0.492 e. The van der Waals surface area contributed by atoms with E-state index in [2.05, 4.69) is 39.0 Å². The highest BCUT2D eigenvalue weighted by Crippen LogP contribution is 2.28. The van der Waals surface area contributed by atoms with Crippen LogP contribution in [0.25, 0.3) is 5.57 Å². The molecule has 110 valence electrons. The first-order valence-electron chi connectivity index (χ1n) is 7.31. The summed E-state index contributed by atoms with van der Waals surface area (Å²) >= 11 is 2.33. The molecule has 0 fully saturated rings. The van der Waals surface area contributed by atoms with Crippen LogP contribution >= 0.6 is 22.6 Å². The minimum Gasteiger partial charge on any atom is -0.492 e. The van der Waals surface area contributed by atoms with E-state index in [1.54, 1.807) is 0 Å². The minimum atomic E-state index is 0.599. The molecule has 0 unspecified atom stereocenters. The Hall–Kier alpha value is -1.37. The number of para-hydroxylation sites is 1. The lowest BCUT2D eigenvalue weighted by molar-refractivity contribution is 0.288. The first-order valence-corrected chi connectivity index (χ1v) is 8.39. The standard InChI is InChI=1S/C16H18IN3O/c17-16-15(13-7-3-1-4-8-13)18-19-20(16)11-12-21-14-9-5-2-6-10-14/h2,5-7,9-10H,1,3-4,8,11-12H2. The highest BCUT2D eigenvalue weighted by Gasteiger charge is 2.15. The van der Waals surface area contributed by atoms with Crippen LogP contribution in [0.3, 0.4) is 0 Å². The Morgan fingerprint density at radius 2 is 2.05 bits per heavy atom. The van der Waals surface area contributed by atoms with Crippen LogP contribution in [0.4, 0.5) is 0 Å². The summed E-state index contributed by atoms with van der Waals surface area (Å²) in [5.41, 5.74) is 2.40. The maximum atomic E-state index is 5.71. The third kappa shape index (κ3) is 3.64. The van der Waals surface area contributed by atoms with Crippen LogP contribution in [0.1, 0.15) is 31.4 Å². The van der Waals surface area contributed by atoms with E-state index in [4.69, 9.17) is 4.74 Å². The first kappa shape index (κ1) is 14.6. The molecule has 0 amide bonds. The fraction of sp³-hybridized carbons (Fsp3) is 0.375. The van der Waals surface area contributed by atoms with Gasteiger partial charge in [0.05, 0.1) is 6.54 Å². The third-order valence-corrected chi connectivity index (χ3v) is 4.65. The molecule has 1 aliphatic carbocycles. The third-order valence-electron chi connectivity index (χ3n) is 3.58. The molecule has 1 aliphatic rings. The van der Waals surface area contributed by atoms with Crippen molar-refractivity contribution in [1.82, 2.24) is 15.0 Å². The number of rotatable bonds is 5. The van der Waals surface area contributed by atoms with Gasteiger partial charge in [-0.25, -0.2) is 4.68 Å². The molecule has 0 atom stereocenters. The van der Waals surface area contributed by atoms with Gasteiger partial charge in [-0.15, -0.1) is 5.10 Å². The molecule has 0 aliphatic heterocycles. The Labute approximate surface area is 138 Å². The molecule has 0 spiro atoms. The van der Waals surface area contributed by atoms with Crippen LogP contribution in [0, 0.1) is 3.70 Å². The van der Waals surface area contributed by atoms with Crippen molar-refractivity contribution in [3.8, 4) is 5.75 Å². The van der Waals surface area contributed by atoms with E-state index in [0.717, 1.165) is 28.0 Å². The van der Waals surface area contributed by atoms with Crippen molar-refractivity contribution in [2.24, 2.45) is 0 Å². The summed E-state index contributed by atoms with van der Waals surface area (Å²) in [6.45, 7) is 1.31. The number of allylic oxidation sites excluding steroid dienone is 2. The Bertz CT molecular complexity index is 622. The normalized spacial score (nSPS) is 14.8. The number of halogens is 1. The molecular weight excluding hydrogens is 377 g/mol. The quantitative estimate of drug-likeness (QED) is 0.721. The van der Waals surface area contributed by atoms with Crippen LogP contribution in [-0.4, -0.2) is 21.6 Å². The van der Waals surface area contributed by atoms with E-state index in [9.17, 15) is 0 Å². The molecule has 4 nitrogen and oxygen atoms in total. The van der Waals surface area contributed by atoms with Crippen LogP contribution in [0.2, 0.25) is 0 Å². The molecule has 2 aromatic rings. The van der Waals surface area contributed by atoms with Crippen molar-refractivity contribution in [2.45, 2.75) is 32.2 Å². The highest BCUT2D eigenvalue weighted by molar-refractivity contribution is 14.1. The van der Waals surface area contributed by atoms with Gasteiger partial charge in [-0.05, 0) is 66.0 Å². The van der Waals surface area contributed by atoms with Gasteiger partial charge < -0.3 is 4.74 Å². The van der Waals surface area contributed by atoms with Crippen molar-refractivity contribution in [3.05, 3.63) is 45.8 Å². The molecule has 1 aromatic carbocycles. The number of benzene rings is 1. The van der Waals surface area contributed by atoms with Crippen molar-refractivity contribution in [1.29, 1.82) is 0 Å².